The van der Waals surface area contributed by atoms with Crippen LogP contribution in [0.1, 0.15) is 118 Å². The third-order valence-corrected chi connectivity index (χ3v) is 16.0. The maximum Gasteiger partial charge on any atom is 0.407 e. The molecule has 2 bridgehead atoms. The lowest BCUT2D eigenvalue weighted by atomic mass is 9.85. The number of H-pyrrole nitrogens is 1. The van der Waals surface area contributed by atoms with Gasteiger partial charge in [-0.2, -0.15) is 0 Å². The largest absolute Gasteiger partial charge is 0.508 e. The van der Waals surface area contributed by atoms with Crippen LogP contribution < -0.4 is 37.6 Å². The van der Waals surface area contributed by atoms with Crippen molar-refractivity contribution in [3.05, 3.63) is 23.8 Å². The number of carbonyl (C=O) groups excluding carboxylic acids is 11. The molecule has 1 aromatic heterocycles. The van der Waals surface area contributed by atoms with Gasteiger partial charge in [0.2, 0.25) is 41.4 Å². The molecule has 8 amide bonds. The lowest BCUT2D eigenvalue weighted by Gasteiger charge is -2.32. The molecule has 0 radical (unpaired) electrons. The van der Waals surface area contributed by atoms with Crippen molar-refractivity contribution in [1.29, 1.82) is 0 Å². The zero-order valence-corrected chi connectivity index (χ0v) is 47.5. The molecule has 0 aliphatic carbocycles. The summed E-state index contributed by atoms with van der Waals surface area (Å²) < 4.78 is 25.5. The lowest BCUT2D eigenvalue weighted by Crippen LogP contribution is -2.56. The lowest BCUT2D eigenvalue weighted by molar-refractivity contribution is -0.149. The van der Waals surface area contributed by atoms with Gasteiger partial charge in [-0.3, -0.25) is 52.2 Å². The van der Waals surface area contributed by atoms with Gasteiger partial charge in [-0.1, -0.05) is 46.5 Å². The number of rotatable bonds is 16. The number of nitrogens with zero attached hydrogens (tertiary/aromatic N) is 1. The van der Waals surface area contributed by atoms with Crippen LogP contribution in [0.4, 0.5) is 4.79 Å². The predicted octanol–water partition coefficient (Wildman–Crippen LogP) is -0.323. The molecule has 81 heavy (non-hydrogen) atoms. The molecule has 1 saturated heterocycles. The number of phenols is 1. The summed E-state index contributed by atoms with van der Waals surface area (Å²) in [6.07, 6.45) is -3.15. The topological polar surface area (TPSA) is 401 Å². The summed E-state index contributed by atoms with van der Waals surface area (Å²) in [5.74, 6) is -15.0. The summed E-state index contributed by atoms with van der Waals surface area (Å²) in [7, 11) is -2.36. The number of hydrogen-bond acceptors (Lipinski definition) is 17. The molecule has 4 heterocycles. The number of ether oxygens (including phenoxy) is 2. The Balaban J connectivity index is 1.53. The van der Waals surface area contributed by atoms with E-state index in [-0.39, 0.29) is 28.3 Å². The highest BCUT2D eigenvalue weighted by atomic mass is 32.2. The summed E-state index contributed by atoms with van der Waals surface area (Å²) in [6, 6.07) is -2.21. The van der Waals surface area contributed by atoms with Gasteiger partial charge < -0.3 is 72.3 Å². The standard InChI is InChI=1S/C54H79N9O17S/c1-7-28(2)46-50(75)58-23-43(70)59-37-27-81(78)51-35(34-15-14-32(64)21-36(34)60-51)17-30(48(73)57-24-44(71)61-46)18-40(67)47(62-49(74)38-22-33(65)25-63(38)52(76)31(19-39(37)66)20-42(55)69)29(3)41(68)26-79-45(72)13-11-9-8-10-12-16-56-53(77)80-54(4,5)6/h14-15,21,28-31,33,37-38,41,46-47,60,64-65,68H,7-13,16-20,22-27H2,1-6H3,(H2,55,69)(H,56,77)(H,57,73)(H,58,75)(H,59,70)(H,61,71)(H,62,74)/t28-,29-,30-,31-,33?,37?,38-,41-,46-,47-,81+/m0/s1. The number of aromatic amines is 1. The summed E-state index contributed by atoms with van der Waals surface area (Å²) >= 11 is 0. The minimum atomic E-state index is -2.36. The van der Waals surface area contributed by atoms with Gasteiger partial charge in [0.1, 0.15) is 35.1 Å². The number of hydrogen-bond donors (Lipinski definition) is 11. The number of phenolic OH excluding ortho intramolecular Hbond substituents is 1. The first-order chi connectivity index (χ1) is 38.1. The van der Waals surface area contributed by atoms with E-state index in [0.29, 0.717) is 37.6 Å². The molecule has 5 rings (SSSR count). The van der Waals surface area contributed by atoms with Crippen molar-refractivity contribution in [2.24, 2.45) is 29.4 Å². The van der Waals surface area contributed by atoms with Gasteiger partial charge in [0, 0.05) is 68.5 Å². The number of ketones is 2. The van der Waals surface area contributed by atoms with E-state index in [2.05, 4.69) is 36.9 Å². The summed E-state index contributed by atoms with van der Waals surface area (Å²) in [4.78, 5) is 156. The van der Waals surface area contributed by atoms with E-state index in [0.717, 1.165) is 17.7 Å². The van der Waals surface area contributed by atoms with Crippen LogP contribution in [0.2, 0.25) is 0 Å². The van der Waals surface area contributed by atoms with E-state index in [1.165, 1.54) is 25.1 Å². The number of Topliss-reactive ketones (excluding diaryl/α,β-unsaturated/α-hetero) is 2. The van der Waals surface area contributed by atoms with Gasteiger partial charge in [0.15, 0.2) is 11.6 Å². The number of esters is 1. The fraction of sp³-hybridized carbons (Fsp3) is 0.648. The van der Waals surface area contributed by atoms with Crippen molar-refractivity contribution in [2.75, 3.05) is 38.5 Å². The Hall–Kier alpha value is -7.00. The van der Waals surface area contributed by atoms with E-state index in [1.807, 2.05) is 0 Å². The van der Waals surface area contributed by atoms with Crippen molar-refractivity contribution in [3.63, 3.8) is 0 Å². The van der Waals surface area contributed by atoms with Crippen LogP contribution >= 0.6 is 0 Å². The molecular formula is C54H79N9O17S. The van der Waals surface area contributed by atoms with E-state index < -0.39 is 206 Å². The fourth-order valence-electron chi connectivity index (χ4n) is 9.92. The highest BCUT2D eigenvalue weighted by molar-refractivity contribution is 7.85. The number of nitrogens with two attached hydrogens (primary N) is 1. The Morgan fingerprint density at radius 3 is 2.21 bits per heavy atom. The van der Waals surface area contributed by atoms with E-state index in [1.54, 1.807) is 34.6 Å². The first-order valence-corrected chi connectivity index (χ1v) is 28.8. The van der Waals surface area contributed by atoms with E-state index >= 15 is 4.79 Å². The van der Waals surface area contributed by atoms with E-state index in [4.69, 9.17) is 15.2 Å². The van der Waals surface area contributed by atoms with Crippen LogP contribution in [0.15, 0.2) is 23.2 Å². The van der Waals surface area contributed by atoms with Crippen LogP contribution in [0.3, 0.4) is 0 Å². The molecule has 1 aromatic carbocycles. The summed E-state index contributed by atoms with van der Waals surface area (Å²) in [5.41, 5.74) is 5.30. The fourth-order valence-corrected chi connectivity index (χ4v) is 11.4. The zero-order chi connectivity index (χ0) is 59.9. The number of alkyl carbamates (subject to hydrolysis) is 1. The number of aliphatic hydroxyl groups is 2. The highest BCUT2D eigenvalue weighted by Crippen LogP contribution is 2.33. The Labute approximate surface area is 471 Å². The molecule has 2 aromatic rings. The number of aromatic nitrogens is 1. The number of aromatic hydroxyl groups is 1. The molecule has 3 aliphatic rings. The summed E-state index contributed by atoms with van der Waals surface area (Å²) in [5, 5.41) is 48.6. The number of primary amides is 1. The normalized spacial score (nSPS) is 25.2. The SMILES string of the molecule is CC[C@H](C)[C@@H]1NC(=O)CNC(=O)[C@@H]2CC(=O)[C@H]([C@@H](C)[C@@H](O)COC(=O)CCCCCCCNC(=O)OC(C)(C)C)NC(=O)[C@@H]3CC(O)CN3C(=O)[C@H](CC(N)=O)CC(=O)C(C[S@@](=O)c3[nH]c4cc(O)ccc4c3C2)NC(=O)CNC1=O. The number of fused-ring (bicyclic) bond motifs is 5. The molecule has 1 fully saturated rings. The van der Waals surface area contributed by atoms with Crippen molar-refractivity contribution >= 4 is 86.7 Å². The van der Waals surface area contributed by atoms with Crippen molar-refractivity contribution in [3.8, 4) is 5.75 Å². The van der Waals surface area contributed by atoms with Crippen LogP contribution in [-0.2, 0) is 74.6 Å². The smallest absolute Gasteiger partial charge is 0.407 e. The van der Waals surface area contributed by atoms with Gasteiger partial charge >= 0.3 is 12.1 Å². The second-order valence-electron chi connectivity index (χ2n) is 22.2. The average molecular weight is 1160 g/mol. The van der Waals surface area contributed by atoms with Gasteiger partial charge in [0.05, 0.1) is 65.4 Å². The first kappa shape index (κ1) is 64.8. The van der Waals surface area contributed by atoms with Gasteiger partial charge in [-0.05, 0) is 63.6 Å². The number of nitrogens with one attached hydrogen (secondary N) is 7. The van der Waals surface area contributed by atoms with Crippen LogP contribution in [-0.4, -0.2) is 175 Å². The molecule has 26 nitrogen and oxygen atoms in total. The summed E-state index contributed by atoms with van der Waals surface area (Å²) in [6.45, 7) is 7.83. The number of benzene rings is 1. The van der Waals surface area contributed by atoms with Crippen LogP contribution in [0, 0.1) is 23.7 Å². The molecular weight excluding hydrogens is 1080 g/mol. The maximum absolute atomic E-state index is 15.1. The Morgan fingerprint density at radius 2 is 1.53 bits per heavy atom. The molecule has 2 unspecified atom stereocenters. The van der Waals surface area contributed by atoms with Crippen LogP contribution in [0.25, 0.3) is 10.9 Å². The Morgan fingerprint density at radius 1 is 0.864 bits per heavy atom. The van der Waals surface area contributed by atoms with Gasteiger partial charge in [0.25, 0.3) is 0 Å². The third-order valence-electron chi connectivity index (χ3n) is 14.6. The number of unbranched alkanes of at least 4 members (excludes halogenated alkanes) is 4. The minimum absolute atomic E-state index is 0.0254. The van der Waals surface area contributed by atoms with Crippen molar-refractivity contribution in [1.82, 2.24) is 41.8 Å². The van der Waals surface area contributed by atoms with Crippen molar-refractivity contribution < 1.29 is 81.7 Å². The molecule has 27 heteroatoms. The second kappa shape index (κ2) is 29.6. The Bertz CT molecular complexity index is 2690. The highest BCUT2D eigenvalue weighted by Gasteiger charge is 2.45. The monoisotopic (exact) mass is 1160 g/mol. The quantitative estimate of drug-likeness (QED) is 0.0758. The van der Waals surface area contributed by atoms with Crippen molar-refractivity contribution in [2.45, 2.75) is 166 Å². The number of aliphatic hydroxyl groups excluding tert-OH is 2. The van der Waals surface area contributed by atoms with E-state index in [9.17, 15) is 67.5 Å². The predicted molar refractivity (Wildman–Crippen MR) is 290 cm³/mol. The molecule has 12 N–H and O–H groups in total. The minimum Gasteiger partial charge on any atom is -0.508 e. The molecule has 3 aliphatic heterocycles. The number of carbonyl (C=O) groups is 11. The molecule has 0 saturated carbocycles. The first-order valence-electron chi connectivity index (χ1n) is 27.4. The van der Waals surface area contributed by atoms with Gasteiger partial charge in [-0.15, -0.1) is 0 Å². The second-order valence-corrected chi connectivity index (χ2v) is 23.6. The molecule has 448 valence electrons. The Kier molecular flexibility index (Phi) is 23.7. The van der Waals surface area contributed by atoms with Gasteiger partial charge in [-0.25, -0.2) is 4.79 Å². The molecule has 11 atom stereocenters. The maximum atomic E-state index is 15.1. The number of amides is 8. The third kappa shape index (κ3) is 19.0. The van der Waals surface area contributed by atoms with Crippen LogP contribution in [0.5, 0.6) is 5.75 Å². The zero-order valence-electron chi connectivity index (χ0n) is 46.7. The molecule has 0 spiro atoms. The average Bonchev–Trinajstić information content (AvgIpc) is 4.17.